The van der Waals surface area contributed by atoms with Gasteiger partial charge in [0.2, 0.25) is 35.4 Å². The second-order valence-electron chi connectivity index (χ2n) is 15.3. The summed E-state index contributed by atoms with van der Waals surface area (Å²) in [7, 11) is 0. The van der Waals surface area contributed by atoms with Crippen LogP contribution in [0.4, 0.5) is 0 Å². The first-order valence-electron chi connectivity index (χ1n) is 19.1. The molecule has 2 heterocycles. The number of rotatable bonds is 20. The molecular weight excluding hydrogens is 730 g/mol. The van der Waals surface area contributed by atoms with Crippen molar-refractivity contribution < 1.29 is 53.7 Å². The SMILES string of the molecule is CC(C)C[C@H](NC(=O)[C@H](Cc1ccccc1)NC(=O)[C@@H]1CCCN1C(=O)[C@@H](N)CC(=O)O)C(=O)N[C@@H](CC(C)C)C(=O)N1CCC[C@H]1C(=O)N[C@@H](CO)C(=O)O. The van der Waals surface area contributed by atoms with Gasteiger partial charge in [0.05, 0.1) is 19.1 Å². The number of carbonyl (C=O) groups excluding carboxylic acids is 6. The van der Waals surface area contributed by atoms with Crippen molar-refractivity contribution >= 4 is 47.4 Å². The highest BCUT2D eigenvalue weighted by molar-refractivity contribution is 5.97. The Morgan fingerprint density at radius 3 is 1.68 bits per heavy atom. The summed E-state index contributed by atoms with van der Waals surface area (Å²) in [6.07, 6.45) is 1.18. The molecule has 0 aromatic heterocycles. The molecule has 0 saturated carbocycles. The topological polar surface area (TPSA) is 278 Å². The Labute approximate surface area is 326 Å². The van der Waals surface area contributed by atoms with Crippen molar-refractivity contribution in [3.05, 3.63) is 35.9 Å². The maximum atomic E-state index is 14.1. The first-order chi connectivity index (χ1) is 26.4. The molecule has 0 radical (unpaired) electrons. The van der Waals surface area contributed by atoms with Gasteiger partial charge in [-0.2, -0.15) is 0 Å². The van der Waals surface area contributed by atoms with Gasteiger partial charge in [0.25, 0.3) is 0 Å². The predicted molar refractivity (Wildman–Crippen MR) is 201 cm³/mol. The van der Waals surface area contributed by atoms with Gasteiger partial charge in [-0.3, -0.25) is 33.6 Å². The van der Waals surface area contributed by atoms with Gasteiger partial charge in [-0.1, -0.05) is 58.0 Å². The second-order valence-corrected chi connectivity index (χ2v) is 15.3. The van der Waals surface area contributed by atoms with E-state index in [9.17, 15) is 48.6 Å². The van der Waals surface area contributed by atoms with E-state index in [2.05, 4.69) is 21.3 Å². The van der Waals surface area contributed by atoms with Gasteiger partial charge in [0.1, 0.15) is 36.3 Å². The number of carboxylic acid groups (broad SMARTS) is 2. The van der Waals surface area contributed by atoms with Crippen LogP contribution >= 0.6 is 0 Å². The molecule has 9 N–H and O–H groups in total. The Kier molecular flexibility index (Phi) is 17.2. The number of nitrogens with one attached hydrogen (secondary N) is 4. The van der Waals surface area contributed by atoms with Crippen LogP contribution < -0.4 is 27.0 Å². The zero-order chi connectivity index (χ0) is 41.7. The summed E-state index contributed by atoms with van der Waals surface area (Å²) in [4.78, 5) is 107. The quantitative estimate of drug-likeness (QED) is 0.0801. The van der Waals surface area contributed by atoms with Crippen molar-refractivity contribution in [3.8, 4) is 0 Å². The van der Waals surface area contributed by atoms with Crippen LogP contribution in [0, 0.1) is 11.8 Å². The molecule has 0 bridgehead atoms. The molecule has 2 saturated heterocycles. The lowest BCUT2D eigenvalue weighted by atomic mass is 9.98. The molecule has 0 spiro atoms. The van der Waals surface area contributed by atoms with Crippen molar-refractivity contribution in [2.75, 3.05) is 19.7 Å². The fourth-order valence-electron chi connectivity index (χ4n) is 7.02. The van der Waals surface area contributed by atoms with Gasteiger partial charge < -0.3 is 52.1 Å². The molecule has 2 aliphatic heterocycles. The van der Waals surface area contributed by atoms with E-state index in [1.54, 1.807) is 30.3 Å². The standard InChI is InChI=1S/C38H57N7O11/c1-21(2)16-25(32(49)42-27(17-22(3)4)37(54)45-15-9-13-30(45)35(52)43-28(20-46)38(55)56)40-33(50)26(18-23-10-6-5-7-11-23)41-34(51)29-12-8-14-44(29)36(53)24(39)19-31(47)48/h5-7,10-11,21-22,24-30,46H,8-9,12-20,39H2,1-4H3,(H,40,50)(H,41,51)(H,42,49)(H,43,52)(H,47,48)(H,55,56)/t24-,25-,26-,27-,28-,29-,30-/m0/s1. The zero-order valence-corrected chi connectivity index (χ0v) is 32.4. The minimum atomic E-state index is -1.55. The van der Waals surface area contributed by atoms with Crippen molar-refractivity contribution in [2.45, 2.75) is 121 Å². The molecule has 1 aromatic rings. The molecule has 18 nitrogen and oxygen atoms in total. The predicted octanol–water partition coefficient (Wildman–Crippen LogP) is -0.879. The highest BCUT2D eigenvalue weighted by Crippen LogP contribution is 2.22. The van der Waals surface area contributed by atoms with Crippen LogP contribution in [0.3, 0.4) is 0 Å². The van der Waals surface area contributed by atoms with Crippen LogP contribution in [0.25, 0.3) is 0 Å². The van der Waals surface area contributed by atoms with Crippen LogP contribution in [0.2, 0.25) is 0 Å². The summed E-state index contributed by atoms with van der Waals surface area (Å²) in [6.45, 7) is 6.91. The fraction of sp³-hybridized carbons (Fsp3) is 0.632. The van der Waals surface area contributed by atoms with E-state index in [1.807, 2.05) is 27.7 Å². The monoisotopic (exact) mass is 787 g/mol. The molecule has 7 atom stereocenters. The second kappa shape index (κ2) is 21.3. The Hall–Kier alpha value is -5.10. The van der Waals surface area contributed by atoms with Crippen LogP contribution in [0.1, 0.15) is 78.2 Å². The minimum Gasteiger partial charge on any atom is -0.481 e. The number of aliphatic hydroxyl groups excluding tert-OH is 1. The van der Waals surface area contributed by atoms with Gasteiger partial charge in [0, 0.05) is 19.5 Å². The van der Waals surface area contributed by atoms with Crippen molar-refractivity contribution in [3.63, 3.8) is 0 Å². The van der Waals surface area contributed by atoms with E-state index < -0.39 is 103 Å². The van der Waals surface area contributed by atoms with Gasteiger partial charge in [-0.05, 0) is 55.9 Å². The average Bonchev–Trinajstić information content (AvgIpc) is 3.83. The van der Waals surface area contributed by atoms with Crippen LogP contribution in [0.15, 0.2) is 30.3 Å². The molecule has 2 fully saturated rings. The minimum absolute atomic E-state index is 0.0273. The van der Waals surface area contributed by atoms with E-state index in [-0.39, 0.29) is 57.0 Å². The summed E-state index contributed by atoms with van der Waals surface area (Å²) < 4.78 is 0. The van der Waals surface area contributed by atoms with Crippen molar-refractivity contribution in [1.29, 1.82) is 0 Å². The lowest BCUT2D eigenvalue weighted by Crippen LogP contribution is -2.60. The van der Waals surface area contributed by atoms with E-state index in [0.717, 1.165) is 0 Å². The summed E-state index contributed by atoms with van der Waals surface area (Å²) in [5.41, 5.74) is 6.52. The molecule has 1 aromatic carbocycles. The van der Waals surface area contributed by atoms with E-state index in [1.165, 1.54) is 9.80 Å². The van der Waals surface area contributed by atoms with Crippen molar-refractivity contribution in [1.82, 2.24) is 31.1 Å². The number of carboxylic acids is 2. The number of amides is 6. The number of aliphatic hydroxyl groups is 1. The number of benzene rings is 1. The maximum Gasteiger partial charge on any atom is 0.328 e. The van der Waals surface area contributed by atoms with Gasteiger partial charge >= 0.3 is 11.9 Å². The van der Waals surface area contributed by atoms with Crippen molar-refractivity contribution in [2.24, 2.45) is 17.6 Å². The summed E-state index contributed by atoms with van der Waals surface area (Å²) in [6, 6.07) is 0.460. The fourth-order valence-corrected chi connectivity index (χ4v) is 7.02. The van der Waals surface area contributed by atoms with Crippen LogP contribution in [-0.4, -0.2) is 134 Å². The Balaban J connectivity index is 1.83. The van der Waals surface area contributed by atoms with Gasteiger partial charge in [0.15, 0.2) is 0 Å². The third-order valence-corrected chi connectivity index (χ3v) is 9.76. The smallest absolute Gasteiger partial charge is 0.328 e. The summed E-state index contributed by atoms with van der Waals surface area (Å²) in [5.74, 6) is -6.87. The number of hydrogen-bond acceptors (Lipinski definition) is 10. The number of carbonyl (C=O) groups is 8. The highest BCUT2D eigenvalue weighted by atomic mass is 16.4. The molecule has 56 heavy (non-hydrogen) atoms. The summed E-state index contributed by atoms with van der Waals surface area (Å²) in [5, 5.41) is 38.4. The Morgan fingerprint density at radius 2 is 1.18 bits per heavy atom. The van der Waals surface area contributed by atoms with E-state index >= 15 is 0 Å². The number of nitrogens with zero attached hydrogens (tertiary/aromatic N) is 2. The van der Waals surface area contributed by atoms with Gasteiger partial charge in [-0.25, -0.2) is 4.79 Å². The molecule has 3 rings (SSSR count). The Morgan fingerprint density at radius 1 is 0.696 bits per heavy atom. The molecule has 6 amide bonds. The normalized spacial score (nSPS) is 19.4. The van der Waals surface area contributed by atoms with Crippen LogP contribution in [-0.2, 0) is 44.8 Å². The maximum absolute atomic E-state index is 14.1. The third kappa shape index (κ3) is 13.0. The highest BCUT2D eigenvalue weighted by Gasteiger charge is 2.41. The molecule has 18 heteroatoms. The summed E-state index contributed by atoms with van der Waals surface area (Å²) >= 11 is 0. The van der Waals surface area contributed by atoms with Gasteiger partial charge in [-0.15, -0.1) is 0 Å². The number of likely N-dealkylation sites (tertiary alicyclic amines) is 2. The van der Waals surface area contributed by atoms with E-state index in [0.29, 0.717) is 18.4 Å². The van der Waals surface area contributed by atoms with E-state index in [4.69, 9.17) is 10.8 Å². The molecule has 0 unspecified atom stereocenters. The molecule has 310 valence electrons. The first kappa shape index (κ1) is 45.3. The largest absolute Gasteiger partial charge is 0.481 e. The molecular formula is C38H57N7O11. The average molecular weight is 788 g/mol. The molecule has 0 aliphatic carbocycles. The lowest BCUT2D eigenvalue weighted by Gasteiger charge is -2.31. The first-order valence-corrected chi connectivity index (χ1v) is 19.1. The lowest BCUT2D eigenvalue weighted by molar-refractivity contribution is -0.146. The number of nitrogens with two attached hydrogens (primary N) is 1. The van der Waals surface area contributed by atoms with Crippen LogP contribution in [0.5, 0.6) is 0 Å². The zero-order valence-electron chi connectivity index (χ0n) is 32.4. The number of aliphatic carboxylic acids is 2. The third-order valence-electron chi connectivity index (χ3n) is 9.76. The number of hydrogen-bond donors (Lipinski definition) is 8. The molecule has 2 aliphatic rings. The Bertz CT molecular complexity index is 1570.